The second kappa shape index (κ2) is 16.7. The van der Waals surface area contributed by atoms with Crippen LogP contribution in [-0.2, 0) is 32.2 Å². The molecule has 1 aliphatic heterocycles. The first-order valence-corrected chi connectivity index (χ1v) is 16.4. The van der Waals surface area contributed by atoms with Crippen LogP contribution in [0.5, 0.6) is 5.75 Å². The Morgan fingerprint density at radius 1 is 0.857 bits per heavy atom. The molecule has 0 bridgehead atoms. The van der Waals surface area contributed by atoms with Gasteiger partial charge in [-0.05, 0) is 64.7 Å². The minimum absolute atomic E-state index is 0.0485. The van der Waals surface area contributed by atoms with Gasteiger partial charge in [-0.25, -0.2) is 0 Å². The lowest BCUT2D eigenvalue weighted by atomic mass is 9.89. The number of ether oxygens (including phenoxy) is 2. The van der Waals surface area contributed by atoms with Gasteiger partial charge in [0.2, 0.25) is 5.91 Å². The summed E-state index contributed by atoms with van der Waals surface area (Å²) in [5.74, 6) is -1.27. The van der Waals surface area contributed by atoms with Crippen molar-refractivity contribution in [1.82, 2.24) is 10.2 Å². The molecule has 5 rings (SSSR count). The molecule has 49 heavy (non-hydrogen) atoms. The molecular weight excluding hydrogens is 624 g/mol. The molecule has 0 aromatic heterocycles. The lowest BCUT2D eigenvalue weighted by molar-refractivity contribution is -0.276. The number of benzene rings is 4. The fraction of sp³-hybridized carbons (Fsp3) is 0.333. The summed E-state index contributed by atoms with van der Waals surface area (Å²) in [5, 5.41) is 42.0. The van der Waals surface area contributed by atoms with Gasteiger partial charge in [0.05, 0.1) is 31.3 Å². The number of hydrogen-bond acceptors (Lipinski definition) is 8. The SMILES string of the molecule is C[C@H]1[C@@H](CN(C)C[C@@H](O)c2cccc(O)c2)O[C@@H](c2cccc(-c3cccc(CNC(=O)CCC(=O)O)c3)c2)O[C@H]1c1ccc(CO)cc1. The van der Waals surface area contributed by atoms with E-state index in [0.29, 0.717) is 18.7 Å². The van der Waals surface area contributed by atoms with Crippen molar-refractivity contribution in [2.24, 2.45) is 5.92 Å². The highest BCUT2D eigenvalue weighted by Crippen LogP contribution is 2.42. The second-order valence-electron chi connectivity index (χ2n) is 12.7. The maximum atomic E-state index is 12.1. The van der Waals surface area contributed by atoms with Crippen molar-refractivity contribution in [2.75, 3.05) is 20.1 Å². The Morgan fingerprint density at radius 2 is 1.57 bits per heavy atom. The molecule has 4 aromatic rings. The average molecular weight is 669 g/mol. The standard InChI is InChI=1S/C39H44N2O8/c1-25-35(23-41(2)22-34(44)31-9-5-11-33(43)20-31)48-39(49-38(25)28-14-12-26(24-42)13-15-28)32-10-4-8-30(19-32)29-7-3-6-27(18-29)21-40-36(45)16-17-37(46)47/h3-15,18-20,25,34-35,38-39,42-44H,16-17,21-24H2,1-2H3,(H,40,45)(H,46,47)/t25-,34+,35+,38+,39+/m0/s1. The summed E-state index contributed by atoms with van der Waals surface area (Å²) >= 11 is 0. The molecule has 0 aliphatic carbocycles. The van der Waals surface area contributed by atoms with E-state index in [4.69, 9.17) is 14.6 Å². The van der Waals surface area contributed by atoms with Gasteiger partial charge in [0, 0.05) is 37.5 Å². The molecule has 1 aliphatic rings. The maximum Gasteiger partial charge on any atom is 0.303 e. The predicted octanol–water partition coefficient (Wildman–Crippen LogP) is 5.49. The molecule has 10 nitrogen and oxygen atoms in total. The van der Waals surface area contributed by atoms with Gasteiger partial charge in [0.1, 0.15) is 5.75 Å². The molecule has 0 saturated carbocycles. The molecule has 5 atom stereocenters. The Bertz CT molecular complexity index is 1710. The summed E-state index contributed by atoms with van der Waals surface area (Å²) in [6.45, 7) is 3.18. The number of aliphatic hydroxyl groups is 2. The van der Waals surface area contributed by atoms with E-state index in [-0.39, 0.29) is 55.8 Å². The molecule has 5 N–H and O–H groups in total. The number of carboxylic acids is 1. The van der Waals surface area contributed by atoms with E-state index in [1.165, 1.54) is 0 Å². The highest BCUT2D eigenvalue weighted by atomic mass is 16.7. The number of carbonyl (C=O) groups is 2. The lowest BCUT2D eigenvalue weighted by Gasteiger charge is -2.42. The van der Waals surface area contributed by atoms with Gasteiger partial charge in [0.15, 0.2) is 6.29 Å². The van der Waals surface area contributed by atoms with Crippen molar-refractivity contribution in [1.29, 1.82) is 0 Å². The second-order valence-corrected chi connectivity index (χ2v) is 12.7. The minimum atomic E-state index is -1.01. The van der Waals surface area contributed by atoms with E-state index >= 15 is 0 Å². The van der Waals surface area contributed by atoms with Gasteiger partial charge in [-0.2, -0.15) is 0 Å². The fourth-order valence-electron chi connectivity index (χ4n) is 6.08. The summed E-state index contributed by atoms with van der Waals surface area (Å²) in [4.78, 5) is 24.9. The Balaban J connectivity index is 1.35. The largest absolute Gasteiger partial charge is 0.508 e. The average Bonchev–Trinajstić information content (AvgIpc) is 3.11. The number of amides is 1. The summed E-state index contributed by atoms with van der Waals surface area (Å²) in [6, 6.07) is 30.1. The number of phenols is 1. The Morgan fingerprint density at radius 3 is 2.29 bits per heavy atom. The van der Waals surface area contributed by atoms with Crippen LogP contribution in [0.1, 0.15) is 66.1 Å². The third-order valence-electron chi connectivity index (χ3n) is 8.83. The molecular formula is C39H44N2O8. The van der Waals surface area contributed by atoms with Crippen LogP contribution in [0.25, 0.3) is 11.1 Å². The molecule has 1 fully saturated rings. The third-order valence-corrected chi connectivity index (χ3v) is 8.83. The summed E-state index contributed by atoms with van der Waals surface area (Å²) in [5.41, 5.74) is 6.01. The van der Waals surface area contributed by atoms with Gasteiger partial charge in [0.25, 0.3) is 0 Å². The molecule has 0 unspecified atom stereocenters. The predicted molar refractivity (Wildman–Crippen MR) is 184 cm³/mol. The van der Waals surface area contributed by atoms with Crippen LogP contribution in [0.3, 0.4) is 0 Å². The lowest BCUT2D eigenvalue weighted by Crippen LogP contribution is -2.44. The van der Waals surface area contributed by atoms with Crippen LogP contribution >= 0.6 is 0 Å². The van der Waals surface area contributed by atoms with E-state index < -0.39 is 18.4 Å². The normalized spacial score (nSPS) is 19.8. The van der Waals surface area contributed by atoms with Gasteiger partial charge < -0.3 is 40.1 Å². The van der Waals surface area contributed by atoms with Crippen LogP contribution in [0.2, 0.25) is 0 Å². The van der Waals surface area contributed by atoms with E-state index in [1.54, 1.807) is 24.3 Å². The van der Waals surface area contributed by atoms with Crippen molar-refractivity contribution in [3.05, 3.63) is 125 Å². The zero-order valence-electron chi connectivity index (χ0n) is 27.7. The maximum absolute atomic E-state index is 12.1. The van der Waals surface area contributed by atoms with Crippen molar-refractivity contribution in [3.8, 4) is 16.9 Å². The molecule has 1 heterocycles. The van der Waals surface area contributed by atoms with Crippen LogP contribution < -0.4 is 5.32 Å². The van der Waals surface area contributed by atoms with Crippen molar-refractivity contribution in [2.45, 2.75) is 57.5 Å². The van der Waals surface area contributed by atoms with E-state index in [0.717, 1.165) is 33.4 Å². The number of carboxylic acid groups (broad SMARTS) is 1. The summed E-state index contributed by atoms with van der Waals surface area (Å²) < 4.78 is 13.3. The van der Waals surface area contributed by atoms with Crippen molar-refractivity contribution < 1.29 is 39.5 Å². The molecule has 258 valence electrons. The first kappa shape index (κ1) is 35.7. The van der Waals surface area contributed by atoms with Crippen molar-refractivity contribution in [3.63, 3.8) is 0 Å². The van der Waals surface area contributed by atoms with E-state index in [9.17, 15) is 24.9 Å². The van der Waals surface area contributed by atoms with Gasteiger partial charge in [-0.15, -0.1) is 0 Å². The smallest absolute Gasteiger partial charge is 0.303 e. The number of nitrogens with zero attached hydrogens (tertiary/aromatic N) is 1. The Labute approximate surface area is 286 Å². The van der Waals surface area contributed by atoms with E-state index in [2.05, 4.69) is 12.2 Å². The molecule has 1 saturated heterocycles. The number of carbonyl (C=O) groups excluding carboxylic acids is 1. The number of aliphatic hydroxyl groups excluding tert-OH is 2. The number of nitrogens with one attached hydrogen (secondary N) is 1. The van der Waals surface area contributed by atoms with Crippen LogP contribution in [0.4, 0.5) is 0 Å². The fourth-order valence-corrected chi connectivity index (χ4v) is 6.08. The quantitative estimate of drug-likeness (QED) is 0.118. The number of hydrogen-bond donors (Lipinski definition) is 5. The molecule has 1 amide bonds. The zero-order chi connectivity index (χ0) is 34.9. The molecule has 0 spiro atoms. The van der Waals surface area contributed by atoms with Crippen LogP contribution in [-0.4, -0.2) is 63.4 Å². The number of aliphatic carboxylic acids is 1. The monoisotopic (exact) mass is 668 g/mol. The third kappa shape index (κ3) is 9.75. The molecule has 0 radical (unpaired) electrons. The number of rotatable bonds is 14. The number of likely N-dealkylation sites (N-methyl/N-ethyl adjacent to an activating group) is 1. The summed E-state index contributed by atoms with van der Waals surface area (Å²) in [7, 11) is 1.93. The van der Waals surface area contributed by atoms with E-state index in [1.807, 2.05) is 84.7 Å². The van der Waals surface area contributed by atoms with Crippen LogP contribution in [0.15, 0.2) is 97.1 Å². The topological polar surface area (TPSA) is 149 Å². The first-order valence-electron chi connectivity index (χ1n) is 16.4. The number of aromatic hydroxyl groups is 1. The van der Waals surface area contributed by atoms with Gasteiger partial charge in [-0.3, -0.25) is 9.59 Å². The number of phenolic OH excluding ortho intramolecular Hbond substituents is 1. The van der Waals surface area contributed by atoms with Gasteiger partial charge >= 0.3 is 5.97 Å². The van der Waals surface area contributed by atoms with Gasteiger partial charge in [-0.1, -0.05) is 79.7 Å². The first-order chi connectivity index (χ1) is 23.6. The zero-order valence-corrected chi connectivity index (χ0v) is 27.7. The Kier molecular flexibility index (Phi) is 12.2. The highest BCUT2D eigenvalue weighted by Gasteiger charge is 2.39. The molecule has 10 heteroatoms. The molecule has 4 aromatic carbocycles. The van der Waals surface area contributed by atoms with Crippen molar-refractivity contribution >= 4 is 11.9 Å². The Hall–Kier alpha value is -4.58. The highest BCUT2D eigenvalue weighted by molar-refractivity contribution is 5.80. The van der Waals surface area contributed by atoms with Crippen LogP contribution in [0, 0.1) is 5.92 Å². The summed E-state index contributed by atoms with van der Waals surface area (Å²) in [6.07, 6.45) is -2.34. The minimum Gasteiger partial charge on any atom is -0.508 e.